The number of nitrogens with two attached hydrogens (primary N) is 1. The second-order valence-corrected chi connectivity index (χ2v) is 7.78. The minimum atomic E-state index is -0.585. The van der Waals surface area contributed by atoms with E-state index in [1.807, 2.05) is 30.3 Å². The first-order valence-electron chi connectivity index (χ1n) is 10.5. The molecule has 1 aromatic carbocycles. The summed E-state index contributed by atoms with van der Waals surface area (Å²) in [5.74, 6) is 1.06. The molecule has 0 spiro atoms. The van der Waals surface area contributed by atoms with Crippen molar-refractivity contribution in [3.8, 4) is 17.0 Å². The summed E-state index contributed by atoms with van der Waals surface area (Å²) in [4.78, 5) is 9.18. The lowest BCUT2D eigenvalue weighted by atomic mass is 9.93. The van der Waals surface area contributed by atoms with E-state index in [4.69, 9.17) is 30.3 Å². The molecular weight excluding hydrogens is 422 g/mol. The lowest BCUT2D eigenvalue weighted by Gasteiger charge is -2.37. The number of rotatable bonds is 10. The summed E-state index contributed by atoms with van der Waals surface area (Å²) in [5.41, 5.74) is 9.80. The Morgan fingerprint density at radius 1 is 1.18 bits per heavy atom. The number of pyridine rings is 2. The number of methoxy groups -OCH3 is 1. The van der Waals surface area contributed by atoms with Gasteiger partial charge in [0.2, 0.25) is 0 Å². The molecule has 0 aliphatic carbocycles. The first-order chi connectivity index (χ1) is 16.1. The van der Waals surface area contributed by atoms with Crippen LogP contribution in [0.25, 0.3) is 11.3 Å². The molecule has 0 atom stereocenters. The lowest BCUT2D eigenvalue weighted by molar-refractivity contribution is -0.0589. The molecule has 0 radical (unpaired) electrons. The highest BCUT2D eigenvalue weighted by Crippen LogP contribution is 2.35. The SMILES string of the molecule is COCCOc1cc(-c2cccc(C3(N)COC3)n2)cc(Nc2cccc(CO)n2)c1C=N. The largest absolute Gasteiger partial charge is 0.490 e. The van der Waals surface area contributed by atoms with Crippen LogP contribution >= 0.6 is 0 Å². The minimum Gasteiger partial charge on any atom is -0.490 e. The molecule has 1 aliphatic rings. The van der Waals surface area contributed by atoms with E-state index in [0.29, 0.717) is 54.9 Å². The van der Waals surface area contributed by atoms with Crippen molar-refractivity contribution < 1.29 is 19.3 Å². The molecule has 9 nitrogen and oxygen atoms in total. The number of aliphatic hydroxyl groups excluding tert-OH is 1. The minimum absolute atomic E-state index is 0.167. The third-order valence-corrected chi connectivity index (χ3v) is 5.34. The molecule has 1 aliphatic heterocycles. The zero-order valence-corrected chi connectivity index (χ0v) is 18.4. The number of nitrogens with zero attached hydrogens (tertiary/aromatic N) is 2. The fourth-order valence-electron chi connectivity index (χ4n) is 3.50. The highest BCUT2D eigenvalue weighted by atomic mass is 16.5. The van der Waals surface area contributed by atoms with Crippen LogP contribution in [0.1, 0.15) is 17.0 Å². The van der Waals surface area contributed by atoms with Crippen LogP contribution < -0.4 is 15.8 Å². The number of hydrogen-bond acceptors (Lipinski definition) is 9. The molecule has 0 saturated carbocycles. The molecule has 4 rings (SSSR count). The van der Waals surface area contributed by atoms with Gasteiger partial charge >= 0.3 is 0 Å². The van der Waals surface area contributed by atoms with Gasteiger partial charge in [0, 0.05) is 18.9 Å². The van der Waals surface area contributed by atoms with Gasteiger partial charge in [0.05, 0.1) is 54.8 Å². The molecule has 3 aromatic rings. The van der Waals surface area contributed by atoms with Crippen molar-refractivity contribution in [1.82, 2.24) is 9.97 Å². The molecule has 2 aromatic heterocycles. The number of aliphatic hydroxyl groups is 1. The van der Waals surface area contributed by atoms with E-state index in [-0.39, 0.29) is 6.61 Å². The van der Waals surface area contributed by atoms with Crippen molar-refractivity contribution in [3.63, 3.8) is 0 Å². The van der Waals surface area contributed by atoms with E-state index in [9.17, 15) is 5.11 Å². The van der Waals surface area contributed by atoms with E-state index in [1.54, 1.807) is 25.3 Å². The van der Waals surface area contributed by atoms with E-state index in [2.05, 4.69) is 10.3 Å². The molecule has 0 unspecified atom stereocenters. The zero-order chi connectivity index (χ0) is 23.3. The first kappa shape index (κ1) is 22.8. The average Bonchev–Trinajstić information content (AvgIpc) is 2.82. The van der Waals surface area contributed by atoms with Gasteiger partial charge in [-0.1, -0.05) is 12.1 Å². The molecule has 5 N–H and O–H groups in total. The van der Waals surface area contributed by atoms with Crippen LogP contribution in [0, 0.1) is 5.41 Å². The normalized spacial score (nSPS) is 14.4. The first-order valence-corrected chi connectivity index (χ1v) is 10.5. The van der Waals surface area contributed by atoms with Crippen LogP contribution in [-0.2, 0) is 21.6 Å². The fourth-order valence-corrected chi connectivity index (χ4v) is 3.50. The van der Waals surface area contributed by atoms with Gasteiger partial charge in [-0.25, -0.2) is 4.98 Å². The Morgan fingerprint density at radius 3 is 2.70 bits per heavy atom. The molecule has 9 heteroatoms. The van der Waals surface area contributed by atoms with Crippen LogP contribution in [0.2, 0.25) is 0 Å². The molecular formula is C24H27N5O4. The molecule has 1 saturated heterocycles. The quantitative estimate of drug-likeness (QED) is 0.274. The Labute approximate surface area is 192 Å². The van der Waals surface area contributed by atoms with Gasteiger partial charge in [-0.05, 0) is 36.4 Å². The standard InChI is InChI=1S/C24H27N5O4/c1-31-8-9-33-21-11-16(19-5-3-6-22(28-19)24(26)14-32-15-24)10-20(18(21)12-25)29-23-7-2-4-17(13-30)27-23/h2-7,10-12,25,30H,8-9,13-15,26H2,1H3,(H,27,29). The second kappa shape index (κ2) is 10.1. The van der Waals surface area contributed by atoms with Crippen molar-refractivity contribution >= 4 is 17.7 Å². The van der Waals surface area contributed by atoms with E-state index in [0.717, 1.165) is 17.0 Å². The zero-order valence-electron chi connectivity index (χ0n) is 18.4. The van der Waals surface area contributed by atoms with E-state index in [1.165, 1.54) is 6.21 Å². The van der Waals surface area contributed by atoms with Crippen molar-refractivity contribution in [1.29, 1.82) is 5.41 Å². The third-order valence-electron chi connectivity index (χ3n) is 5.34. The maximum atomic E-state index is 9.42. The summed E-state index contributed by atoms with van der Waals surface area (Å²) in [6, 6.07) is 14.8. The molecule has 3 heterocycles. The lowest BCUT2D eigenvalue weighted by Crippen LogP contribution is -2.54. The van der Waals surface area contributed by atoms with Crippen LogP contribution in [-0.4, -0.2) is 54.8 Å². The van der Waals surface area contributed by atoms with Gasteiger partial charge in [0.15, 0.2) is 0 Å². The van der Waals surface area contributed by atoms with Gasteiger partial charge in [-0.15, -0.1) is 0 Å². The third kappa shape index (κ3) is 5.01. The number of benzene rings is 1. The van der Waals surface area contributed by atoms with Crippen molar-refractivity contribution in [2.24, 2.45) is 5.73 Å². The van der Waals surface area contributed by atoms with Gasteiger partial charge in [-0.3, -0.25) is 4.98 Å². The van der Waals surface area contributed by atoms with Gasteiger partial charge in [-0.2, -0.15) is 0 Å². The summed E-state index contributed by atoms with van der Waals surface area (Å²) < 4.78 is 16.3. The highest BCUT2D eigenvalue weighted by molar-refractivity contribution is 5.93. The van der Waals surface area contributed by atoms with E-state index >= 15 is 0 Å². The monoisotopic (exact) mass is 449 g/mol. The Kier molecular flexibility index (Phi) is 6.95. The van der Waals surface area contributed by atoms with Gasteiger partial charge in [0.25, 0.3) is 0 Å². The van der Waals surface area contributed by atoms with Gasteiger partial charge < -0.3 is 35.8 Å². The predicted molar refractivity (Wildman–Crippen MR) is 125 cm³/mol. The maximum absolute atomic E-state index is 9.42. The number of anilines is 2. The number of hydrogen-bond donors (Lipinski definition) is 4. The summed E-state index contributed by atoms with van der Waals surface area (Å²) in [5, 5.41) is 20.7. The average molecular weight is 450 g/mol. The summed E-state index contributed by atoms with van der Waals surface area (Å²) in [6.45, 7) is 1.44. The highest BCUT2D eigenvalue weighted by Gasteiger charge is 2.37. The van der Waals surface area contributed by atoms with Crippen molar-refractivity contribution in [2.75, 3.05) is 38.9 Å². The van der Waals surface area contributed by atoms with Crippen molar-refractivity contribution in [3.05, 3.63) is 65.5 Å². The van der Waals surface area contributed by atoms with Crippen LogP contribution in [0.15, 0.2) is 48.5 Å². The van der Waals surface area contributed by atoms with Crippen molar-refractivity contribution in [2.45, 2.75) is 12.1 Å². The summed E-state index contributed by atoms with van der Waals surface area (Å²) in [6.07, 6.45) is 1.23. The van der Waals surface area contributed by atoms with Gasteiger partial charge in [0.1, 0.15) is 23.7 Å². The van der Waals surface area contributed by atoms with E-state index < -0.39 is 5.54 Å². The van der Waals surface area contributed by atoms with Crippen LogP contribution in [0.4, 0.5) is 11.5 Å². The Balaban J connectivity index is 1.76. The smallest absolute Gasteiger partial charge is 0.130 e. The number of aromatic nitrogens is 2. The topological polar surface area (TPSA) is 136 Å². The number of nitrogens with one attached hydrogen (secondary N) is 2. The Morgan fingerprint density at radius 2 is 2.00 bits per heavy atom. The van der Waals surface area contributed by atoms with Crippen LogP contribution in [0.3, 0.4) is 0 Å². The molecule has 1 fully saturated rings. The van der Waals surface area contributed by atoms with Crippen LogP contribution in [0.5, 0.6) is 5.75 Å². The second-order valence-electron chi connectivity index (χ2n) is 7.78. The summed E-state index contributed by atoms with van der Waals surface area (Å²) >= 11 is 0. The Hall–Kier alpha value is -3.37. The maximum Gasteiger partial charge on any atom is 0.130 e. The molecule has 0 bridgehead atoms. The summed E-state index contributed by atoms with van der Waals surface area (Å²) in [7, 11) is 1.60. The number of ether oxygens (including phenoxy) is 3. The molecule has 33 heavy (non-hydrogen) atoms. The Bertz CT molecular complexity index is 1130. The molecule has 0 amide bonds. The fraction of sp³-hybridized carbons (Fsp3) is 0.292. The molecule has 172 valence electrons. The predicted octanol–water partition coefficient (Wildman–Crippen LogP) is 2.59.